The molecule has 0 radical (unpaired) electrons. The van der Waals surface area contributed by atoms with Crippen molar-refractivity contribution in [3.05, 3.63) is 95.8 Å². The second kappa shape index (κ2) is 11.1. The summed E-state index contributed by atoms with van der Waals surface area (Å²) in [6.07, 6.45) is -0.818. The quantitative estimate of drug-likeness (QED) is 0.164. The monoisotopic (exact) mass is 564 g/mol. The number of ether oxygens (including phenoxy) is 2. The molecule has 13 heteroatoms. The molecule has 38 heavy (non-hydrogen) atoms. The van der Waals surface area contributed by atoms with Crippen molar-refractivity contribution in [2.75, 3.05) is 0 Å². The molecule has 0 aliphatic carbocycles. The highest BCUT2D eigenvalue weighted by Gasteiger charge is 2.67. The third-order valence-corrected chi connectivity index (χ3v) is 10.2. The first-order valence-corrected chi connectivity index (χ1v) is 14.8. The molecule has 0 spiro atoms. The Kier molecular flexibility index (Phi) is 8.20. The summed E-state index contributed by atoms with van der Waals surface area (Å²) in [6.45, 7) is 3.69. The molecule has 3 N–H and O–H groups in total. The van der Waals surface area contributed by atoms with Crippen LogP contribution in [0.4, 0.5) is 4.79 Å². The molecule has 2 heterocycles. The van der Waals surface area contributed by atoms with Crippen molar-refractivity contribution in [3.8, 4) is 5.75 Å². The first-order chi connectivity index (χ1) is 17.9. The largest absolute Gasteiger partial charge is 0.514 e. The maximum absolute atomic E-state index is 13.3. The summed E-state index contributed by atoms with van der Waals surface area (Å²) in [4.78, 5) is 33.5. The number of aromatic nitrogens is 1. The third-order valence-electron chi connectivity index (χ3n) is 5.65. The summed E-state index contributed by atoms with van der Waals surface area (Å²) < 4.78 is 48.7. The molecule has 0 amide bonds. The fraction of sp³-hybridized carbons (Fsp3) is 0.280. The number of benzene rings is 2. The van der Waals surface area contributed by atoms with Crippen LogP contribution in [-0.4, -0.2) is 32.2 Å². The van der Waals surface area contributed by atoms with Crippen LogP contribution < -0.4 is 9.30 Å². The topological polar surface area (TPSA) is 153 Å². The van der Waals surface area contributed by atoms with Gasteiger partial charge in [0.15, 0.2) is 18.9 Å². The van der Waals surface area contributed by atoms with Crippen LogP contribution in [0.3, 0.4) is 0 Å². The van der Waals surface area contributed by atoms with Gasteiger partial charge < -0.3 is 24.4 Å². The number of hydrogen-bond donors (Lipinski definition) is 3. The van der Waals surface area contributed by atoms with E-state index in [1.54, 1.807) is 36.9 Å². The Morgan fingerprint density at radius 3 is 2.24 bits per heavy atom. The van der Waals surface area contributed by atoms with Gasteiger partial charge in [0.05, 0.1) is 11.7 Å². The average molecular weight is 564 g/mol. The maximum atomic E-state index is 13.3. The van der Waals surface area contributed by atoms with Crippen LogP contribution in [0.5, 0.6) is 5.75 Å². The van der Waals surface area contributed by atoms with Gasteiger partial charge in [-0.15, -0.1) is 0 Å². The van der Waals surface area contributed by atoms with E-state index in [4.69, 9.17) is 18.5 Å². The fourth-order valence-corrected chi connectivity index (χ4v) is 7.41. The van der Waals surface area contributed by atoms with Gasteiger partial charge in [-0.2, -0.15) is 0 Å². The van der Waals surface area contributed by atoms with E-state index in [-0.39, 0.29) is 11.3 Å². The van der Waals surface area contributed by atoms with Crippen LogP contribution in [0.25, 0.3) is 0 Å². The van der Waals surface area contributed by atoms with Gasteiger partial charge in [0.1, 0.15) is 5.75 Å². The van der Waals surface area contributed by atoms with Gasteiger partial charge >= 0.3 is 21.3 Å². The molecular formula is C25H28NO10P2+. The van der Waals surface area contributed by atoms with Crippen LogP contribution in [0.15, 0.2) is 79.1 Å². The molecule has 2 aromatic carbocycles. The van der Waals surface area contributed by atoms with E-state index in [1.807, 2.05) is 30.3 Å². The molecule has 3 aromatic rings. The summed E-state index contributed by atoms with van der Waals surface area (Å²) in [5.41, 5.74) is 1.15. The minimum atomic E-state index is -5.24. The maximum Gasteiger partial charge on any atom is 0.514 e. The van der Waals surface area contributed by atoms with Crippen molar-refractivity contribution in [3.63, 3.8) is 0 Å². The van der Waals surface area contributed by atoms with Crippen molar-refractivity contribution < 1.29 is 51.9 Å². The Labute approximate surface area is 219 Å². The normalized spacial score (nSPS) is 27.2. The number of rotatable bonds is 7. The van der Waals surface area contributed by atoms with Gasteiger partial charge in [0.25, 0.3) is 5.08 Å². The minimum absolute atomic E-state index is 0.126. The predicted molar refractivity (Wildman–Crippen MR) is 134 cm³/mol. The second-order valence-electron chi connectivity index (χ2n) is 8.96. The van der Waals surface area contributed by atoms with Crippen LogP contribution >= 0.6 is 15.2 Å². The number of pyridine rings is 1. The summed E-state index contributed by atoms with van der Waals surface area (Å²) in [5, 5.41) is 7.99. The van der Waals surface area contributed by atoms with E-state index in [9.17, 15) is 28.8 Å². The van der Waals surface area contributed by atoms with Gasteiger partial charge in [-0.05, 0) is 26.0 Å². The smallest absolute Gasteiger partial charge is 0.431 e. The van der Waals surface area contributed by atoms with E-state index in [2.05, 4.69) is 0 Å². The Balaban J connectivity index is 1.59. The van der Waals surface area contributed by atoms with E-state index in [0.29, 0.717) is 12.1 Å². The number of hydrogen-bond acceptors (Lipinski definition) is 8. The van der Waals surface area contributed by atoms with E-state index in [1.165, 1.54) is 30.3 Å². The van der Waals surface area contributed by atoms with Crippen LogP contribution in [0.1, 0.15) is 36.8 Å². The van der Waals surface area contributed by atoms with Crippen molar-refractivity contribution in [2.24, 2.45) is 0 Å². The van der Waals surface area contributed by atoms with Crippen molar-refractivity contribution in [2.45, 2.75) is 44.3 Å². The van der Waals surface area contributed by atoms with Gasteiger partial charge in [0, 0.05) is 23.6 Å². The number of carbonyl (C=O) groups is 1. The lowest BCUT2D eigenvalue weighted by molar-refractivity contribution is -0.688. The molecule has 1 aliphatic heterocycles. The zero-order chi connectivity index (χ0) is 27.6. The zero-order valence-electron chi connectivity index (χ0n) is 20.6. The average Bonchev–Trinajstić information content (AvgIpc) is 2.83. The number of carbonyl (C=O) groups excluding carboxylic acids is 1. The Bertz CT molecular complexity index is 1370. The van der Waals surface area contributed by atoms with Crippen LogP contribution in [0.2, 0.25) is 0 Å². The lowest BCUT2D eigenvalue weighted by atomic mass is 10.2. The van der Waals surface area contributed by atoms with Crippen LogP contribution in [0, 0.1) is 0 Å². The molecule has 202 valence electrons. The van der Waals surface area contributed by atoms with Gasteiger partial charge in [-0.25, -0.2) is 9.36 Å². The van der Waals surface area contributed by atoms with Crippen LogP contribution in [-0.2, 0) is 35.9 Å². The van der Waals surface area contributed by atoms with Crippen molar-refractivity contribution in [1.82, 2.24) is 0 Å². The summed E-state index contributed by atoms with van der Waals surface area (Å²) in [7, 11) is -10.5. The summed E-state index contributed by atoms with van der Waals surface area (Å²) in [6, 6.07) is 18.3. The molecule has 11 nitrogen and oxygen atoms in total. The highest BCUT2D eigenvalue weighted by molar-refractivity contribution is 7.73. The van der Waals surface area contributed by atoms with Gasteiger partial charge in [-0.1, -0.05) is 48.5 Å². The lowest BCUT2D eigenvalue weighted by Gasteiger charge is -2.41. The minimum Gasteiger partial charge on any atom is -0.431 e. The van der Waals surface area contributed by atoms with Gasteiger partial charge in [-0.3, -0.25) is 18.2 Å². The SMILES string of the molecule is CC(C)OC(=O)Oc1ccccc1C1OP(=O)(O)C(O)(Cc2ccc[n+](Cc3ccccc3)c2)P(=O)(O)O1. The Morgan fingerprint density at radius 1 is 0.974 bits per heavy atom. The van der Waals surface area contributed by atoms with E-state index in [0.717, 1.165) is 5.56 Å². The first kappa shape index (κ1) is 28.1. The molecule has 0 saturated carbocycles. The van der Waals surface area contributed by atoms with Crippen molar-refractivity contribution >= 4 is 21.3 Å². The molecule has 0 bridgehead atoms. The van der Waals surface area contributed by atoms with E-state index < -0.39 is 45.2 Å². The second-order valence-corrected chi connectivity index (χ2v) is 13.3. The first-order valence-electron chi connectivity index (χ1n) is 11.6. The standard InChI is InChI=1S/C25H27NO10P2/c1-18(2)33-24(27)34-22-13-7-6-12-21(22)23-35-37(29,30)25(28,38(31,32)36-23)15-20-11-8-14-26(17-20)16-19-9-4-3-5-10-19/h3-14,17-18,23,28H,15-16H2,1-2H3,(H-,29,30,31,32)/p+1. The molecule has 1 fully saturated rings. The number of aliphatic hydroxyl groups is 1. The molecular weight excluding hydrogens is 536 g/mol. The highest BCUT2D eigenvalue weighted by atomic mass is 31.2. The lowest BCUT2D eigenvalue weighted by Crippen LogP contribution is -2.39. The number of nitrogens with zero attached hydrogens (tertiary/aromatic N) is 1. The fourth-order valence-electron chi connectivity index (χ4n) is 3.84. The van der Waals surface area contributed by atoms with E-state index >= 15 is 0 Å². The highest BCUT2D eigenvalue weighted by Crippen LogP contribution is 2.79. The predicted octanol–water partition coefficient (Wildman–Crippen LogP) is 4.25. The zero-order valence-corrected chi connectivity index (χ0v) is 22.4. The molecule has 1 saturated heterocycles. The summed E-state index contributed by atoms with van der Waals surface area (Å²) in [5.74, 6) is -0.182. The number of para-hydroxylation sites is 1. The Morgan fingerprint density at radius 2 is 1.58 bits per heavy atom. The third kappa shape index (κ3) is 6.06. The molecule has 4 rings (SSSR count). The molecule has 1 aliphatic rings. The van der Waals surface area contributed by atoms with Crippen molar-refractivity contribution in [1.29, 1.82) is 0 Å². The molecule has 1 aromatic heterocycles. The summed E-state index contributed by atoms with van der Waals surface area (Å²) >= 11 is 0. The molecule has 2 atom stereocenters. The van der Waals surface area contributed by atoms with Gasteiger partial charge in [0.2, 0.25) is 6.29 Å². The molecule has 2 unspecified atom stereocenters. The Hall–Kier alpha value is -2.88.